The number of nitrogens with one attached hydrogen (secondary N) is 2. The van der Waals surface area contributed by atoms with Crippen molar-refractivity contribution in [3.8, 4) is 0 Å². The van der Waals surface area contributed by atoms with Crippen molar-refractivity contribution in [1.29, 1.82) is 0 Å². The minimum atomic E-state index is -0.198. The van der Waals surface area contributed by atoms with Crippen LogP contribution in [0.3, 0.4) is 0 Å². The van der Waals surface area contributed by atoms with Gasteiger partial charge in [-0.15, -0.1) is 11.3 Å². The number of aromatic nitrogens is 2. The van der Waals surface area contributed by atoms with Crippen LogP contribution >= 0.6 is 11.3 Å². The molecule has 0 aliphatic heterocycles. The first kappa shape index (κ1) is 15.4. The van der Waals surface area contributed by atoms with Crippen LogP contribution in [0.5, 0.6) is 0 Å². The Morgan fingerprint density at radius 2 is 1.96 bits per heavy atom. The molecule has 1 atom stereocenters. The van der Waals surface area contributed by atoms with Crippen molar-refractivity contribution in [2.45, 2.75) is 26.8 Å². The van der Waals surface area contributed by atoms with E-state index in [1.54, 1.807) is 13.8 Å². The number of hydrogen-bond donors (Lipinski definition) is 2. The predicted octanol–water partition coefficient (Wildman–Crippen LogP) is 3.09. The summed E-state index contributed by atoms with van der Waals surface area (Å²) >= 11 is 1.25. The Morgan fingerprint density at radius 3 is 2.65 bits per heavy atom. The fraction of sp³-hybridized carbons (Fsp3) is 0.235. The van der Waals surface area contributed by atoms with Crippen LogP contribution in [0.2, 0.25) is 0 Å². The van der Waals surface area contributed by atoms with Crippen LogP contribution in [0, 0.1) is 13.8 Å². The largest absolute Gasteiger partial charge is 0.345 e. The van der Waals surface area contributed by atoms with E-state index in [1.165, 1.54) is 11.3 Å². The summed E-state index contributed by atoms with van der Waals surface area (Å²) in [6.45, 7) is 5.45. The Kier molecular flexibility index (Phi) is 4.00. The number of benzene rings is 1. The summed E-state index contributed by atoms with van der Waals surface area (Å²) in [6.07, 6.45) is 0. The van der Waals surface area contributed by atoms with Crippen LogP contribution < -0.4 is 10.9 Å². The van der Waals surface area contributed by atoms with Gasteiger partial charge in [-0.05, 0) is 31.9 Å². The molecule has 0 spiro atoms. The molecule has 3 rings (SSSR count). The van der Waals surface area contributed by atoms with Gasteiger partial charge in [-0.1, -0.05) is 30.3 Å². The first-order valence-corrected chi connectivity index (χ1v) is 8.15. The monoisotopic (exact) mass is 327 g/mol. The summed E-state index contributed by atoms with van der Waals surface area (Å²) in [5.74, 6) is 0.368. The van der Waals surface area contributed by atoms with Crippen LogP contribution in [0.4, 0.5) is 0 Å². The smallest absolute Gasteiger partial charge is 0.262 e. The van der Waals surface area contributed by atoms with E-state index in [1.807, 2.05) is 37.3 Å². The fourth-order valence-electron chi connectivity index (χ4n) is 2.56. The molecule has 6 heteroatoms. The van der Waals surface area contributed by atoms with E-state index >= 15 is 0 Å². The molecular formula is C17H17N3O2S. The maximum atomic E-state index is 12.6. The summed E-state index contributed by atoms with van der Waals surface area (Å²) in [5, 5.41) is 3.48. The second-order valence-electron chi connectivity index (χ2n) is 5.49. The third kappa shape index (κ3) is 2.90. The average Bonchev–Trinajstić information content (AvgIpc) is 2.85. The summed E-state index contributed by atoms with van der Waals surface area (Å²) in [4.78, 5) is 32.8. The lowest BCUT2D eigenvalue weighted by atomic mass is 10.1. The van der Waals surface area contributed by atoms with Crippen LogP contribution in [-0.2, 0) is 0 Å². The number of thiophene rings is 1. The number of rotatable bonds is 3. The van der Waals surface area contributed by atoms with E-state index in [0.29, 0.717) is 26.5 Å². The van der Waals surface area contributed by atoms with Crippen LogP contribution in [-0.4, -0.2) is 15.9 Å². The minimum absolute atomic E-state index is 0.110. The number of H-pyrrole nitrogens is 1. The highest BCUT2D eigenvalue weighted by atomic mass is 32.1. The number of aryl methyl sites for hydroxylation is 2. The molecule has 5 nitrogen and oxygen atoms in total. The standard InChI is InChI=1S/C17H17N3O2S/c1-9-13-15(21)19-11(3)20-17(13)23-14(9)16(22)18-10(2)12-7-5-4-6-8-12/h4-8,10H,1-3H3,(H,18,22)(H,19,20,21). The molecule has 0 fully saturated rings. The highest BCUT2D eigenvalue weighted by molar-refractivity contribution is 7.20. The van der Waals surface area contributed by atoms with E-state index in [9.17, 15) is 9.59 Å². The van der Waals surface area contributed by atoms with Crippen molar-refractivity contribution in [3.63, 3.8) is 0 Å². The highest BCUT2D eigenvalue weighted by Gasteiger charge is 2.20. The van der Waals surface area contributed by atoms with Gasteiger partial charge < -0.3 is 10.3 Å². The molecule has 2 heterocycles. The number of carbonyl (C=O) groups is 1. The third-order valence-electron chi connectivity index (χ3n) is 3.77. The maximum Gasteiger partial charge on any atom is 0.262 e. The van der Waals surface area contributed by atoms with Gasteiger partial charge in [0.15, 0.2) is 0 Å². The number of nitrogens with zero attached hydrogens (tertiary/aromatic N) is 1. The fourth-order valence-corrected chi connectivity index (χ4v) is 3.69. The van der Waals surface area contributed by atoms with Gasteiger partial charge in [-0.3, -0.25) is 9.59 Å². The molecule has 2 aromatic heterocycles. The van der Waals surface area contributed by atoms with Crippen molar-refractivity contribution < 1.29 is 4.79 Å². The Morgan fingerprint density at radius 1 is 1.26 bits per heavy atom. The topological polar surface area (TPSA) is 74.8 Å². The molecule has 118 valence electrons. The summed E-state index contributed by atoms with van der Waals surface area (Å²) < 4.78 is 0. The highest BCUT2D eigenvalue weighted by Crippen LogP contribution is 2.27. The lowest BCUT2D eigenvalue weighted by Gasteiger charge is -2.13. The molecule has 2 N–H and O–H groups in total. The molecule has 0 saturated carbocycles. The van der Waals surface area contributed by atoms with Gasteiger partial charge in [0.25, 0.3) is 11.5 Å². The molecule has 0 aliphatic rings. The van der Waals surface area contributed by atoms with E-state index in [0.717, 1.165) is 5.56 Å². The minimum Gasteiger partial charge on any atom is -0.345 e. The lowest BCUT2D eigenvalue weighted by molar-refractivity contribution is 0.0943. The number of amides is 1. The summed E-state index contributed by atoms with van der Waals surface area (Å²) in [5.41, 5.74) is 1.51. The Labute approximate surface area is 137 Å². The summed E-state index contributed by atoms with van der Waals surface area (Å²) in [7, 11) is 0. The maximum absolute atomic E-state index is 12.6. The summed E-state index contributed by atoms with van der Waals surface area (Å²) in [6, 6.07) is 9.65. The van der Waals surface area contributed by atoms with Gasteiger partial charge in [0.1, 0.15) is 10.7 Å². The molecular weight excluding hydrogens is 310 g/mol. The van der Waals surface area contributed by atoms with Gasteiger partial charge in [0.2, 0.25) is 0 Å². The van der Waals surface area contributed by atoms with Gasteiger partial charge in [0, 0.05) is 0 Å². The normalized spacial score (nSPS) is 12.3. The zero-order valence-corrected chi connectivity index (χ0v) is 14.0. The van der Waals surface area contributed by atoms with E-state index in [2.05, 4.69) is 15.3 Å². The van der Waals surface area contributed by atoms with E-state index in [-0.39, 0.29) is 17.5 Å². The second-order valence-corrected chi connectivity index (χ2v) is 6.49. The second kappa shape index (κ2) is 5.96. The SMILES string of the molecule is Cc1nc2sc(C(=O)NC(C)c3ccccc3)c(C)c2c(=O)[nH]1. The van der Waals surface area contributed by atoms with Crippen molar-refractivity contribution in [2.75, 3.05) is 0 Å². The zero-order chi connectivity index (χ0) is 16.6. The van der Waals surface area contributed by atoms with Gasteiger partial charge in [-0.2, -0.15) is 0 Å². The number of hydrogen-bond acceptors (Lipinski definition) is 4. The Balaban J connectivity index is 1.94. The van der Waals surface area contributed by atoms with Crippen LogP contribution in [0.15, 0.2) is 35.1 Å². The van der Waals surface area contributed by atoms with Crippen LogP contribution in [0.1, 0.15) is 39.6 Å². The Bertz CT molecular complexity index is 928. The molecule has 1 amide bonds. The predicted molar refractivity (Wildman–Crippen MR) is 92.0 cm³/mol. The molecule has 23 heavy (non-hydrogen) atoms. The molecule has 0 saturated heterocycles. The Hall–Kier alpha value is -2.47. The lowest BCUT2D eigenvalue weighted by Crippen LogP contribution is -2.26. The third-order valence-corrected chi connectivity index (χ3v) is 4.96. The van der Waals surface area contributed by atoms with Gasteiger partial charge in [-0.25, -0.2) is 4.98 Å². The molecule has 0 bridgehead atoms. The first-order valence-electron chi connectivity index (χ1n) is 7.33. The first-order chi connectivity index (χ1) is 11.0. The van der Waals surface area contributed by atoms with Crippen molar-refractivity contribution in [1.82, 2.24) is 15.3 Å². The number of carbonyl (C=O) groups excluding carboxylic acids is 1. The zero-order valence-electron chi connectivity index (χ0n) is 13.1. The molecule has 1 unspecified atom stereocenters. The van der Waals surface area contributed by atoms with Crippen molar-refractivity contribution in [3.05, 3.63) is 62.5 Å². The van der Waals surface area contributed by atoms with Crippen molar-refractivity contribution in [2.24, 2.45) is 0 Å². The average molecular weight is 327 g/mol. The quantitative estimate of drug-likeness (QED) is 0.776. The van der Waals surface area contributed by atoms with Crippen LogP contribution in [0.25, 0.3) is 10.2 Å². The van der Waals surface area contributed by atoms with Gasteiger partial charge >= 0.3 is 0 Å². The van der Waals surface area contributed by atoms with E-state index in [4.69, 9.17) is 0 Å². The number of aromatic amines is 1. The molecule has 0 radical (unpaired) electrons. The molecule has 3 aromatic rings. The van der Waals surface area contributed by atoms with E-state index < -0.39 is 0 Å². The molecule has 0 aliphatic carbocycles. The van der Waals surface area contributed by atoms with Gasteiger partial charge in [0.05, 0.1) is 16.3 Å². The molecule has 1 aromatic carbocycles. The van der Waals surface area contributed by atoms with Crippen molar-refractivity contribution >= 4 is 27.5 Å². The number of fused-ring (bicyclic) bond motifs is 1.